The fourth-order valence-electron chi connectivity index (χ4n) is 1.19. The smallest absolute Gasteiger partial charge is 0.0976 e. The van der Waals surface area contributed by atoms with Gasteiger partial charge in [-0.3, -0.25) is 0 Å². The maximum Gasteiger partial charge on any atom is 0.0976 e. The van der Waals surface area contributed by atoms with E-state index in [0.717, 1.165) is 0 Å². The number of β-amino-alcohol motifs (C(OH)–C–C–N with tert-alkyl or cyclic N) is 1. The van der Waals surface area contributed by atoms with E-state index in [2.05, 4.69) is 16.7 Å². The molecule has 0 aliphatic carbocycles. The lowest BCUT2D eigenvalue weighted by molar-refractivity contribution is 0.110. The van der Waals surface area contributed by atoms with Gasteiger partial charge in [0.25, 0.3) is 0 Å². The highest BCUT2D eigenvalue weighted by Crippen LogP contribution is 2.12. The standard InChI is InChI=1S/C8H16N2O/c1-7(11)6-10-5-4-9(3)8(10)2/h4-5,7-8,11H,6H2,1-3H3. The fourth-order valence-corrected chi connectivity index (χ4v) is 1.19. The van der Waals surface area contributed by atoms with Crippen molar-refractivity contribution in [2.24, 2.45) is 0 Å². The molecule has 1 heterocycles. The monoisotopic (exact) mass is 156 g/mol. The van der Waals surface area contributed by atoms with Crippen LogP contribution >= 0.6 is 0 Å². The van der Waals surface area contributed by atoms with Crippen LogP contribution in [0.5, 0.6) is 0 Å². The first kappa shape index (κ1) is 8.40. The average molecular weight is 156 g/mol. The van der Waals surface area contributed by atoms with Gasteiger partial charge in [-0.25, -0.2) is 0 Å². The van der Waals surface area contributed by atoms with E-state index >= 15 is 0 Å². The molecule has 2 unspecified atom stereocenters. The molecular weight excluding hydrogens is 140 g/mol. The van der Waals surface area contributed by atoms with Gasteiger partial charge in [0.2, 0.25) is 0 Å². The second kappa shape index (κ2) is 3.13. The molecule has 0 fully saturated rings. The molecular formula is C8H16N2O. The van der Waals surface area contributed by atoms with Gasteiger partial charge in [-0.2, -0.15) is 0 Å². The fraction of sp³-hybridized carbons (Fsp3) is 0.750. The van der Waals surface area contributed by atoms with Gasteiger partial charge in [0.1, 0.15) is 0 Å². The van der Waals surface area contributed by atoms with E-state index in [1.165, 1.54) is 0 Å². The number of aliphatic hydroxyl groups excluding tert-OH is 1. The van der Waals surface area contributed by atoms with Gasteiger partial charge in [-0.1, -0.05) is 0 Å². The molecule has 0 aromatic carbocycles. The number of hydrogen-bond acceptors (Lipinski definition) is 3. The summed E-state index contributed by atoms with van der Waals surface area (Å²) < 4.78 is 0. The summed E-state index contributed by atoms with van der Waals surface area (Å²) >= 11 is 0. The van der Waals surface area contributed by atoms with Crippen LogP contribution in [-0.4, -0.2) is 40.8 Å². The first-order valence-corrected chi connectivity index (χ1v) is 3.95. The molecule has 0 saturated carbocycles. The van der Waals surface area contributed by atoms with Gasteiger partial charge in [-0.15, -0.1) is 0 Å². The molecule has 0 saturated heterocycles. The molecule has 0 spiro atoms. The maximum atomic E-state index is 9.12. The Hall–Kier alpha value is -0.700. The van der Waals surface area contributed by atoms with Crippen molar-refractivity contribution in [1.29, 1.82) is 0 Å². The third kappa shape index (κ3) is 1.87. The summed E-state index contributed by atoms with van der Waals surface area (Å²) in [6, 6.07) is 0. The van der Waals surface area contributed by atoms with Crippen molar-refractivity contribution in [1.82, 2.24) is 9.80 Å². The summed E-state index contributed by atoms with van der Waals surface area (Å²) in [5.41, 5.74) is 0. The van der Waals surface area contributed by atoms with Crippen LogP contribution in [-0.2, 0) is 0 Å². The summed E-state index contributed by atoms with van der Waals surface area (Å²) in [7, 11) is 2.03. The zero-order valence-electron chi connectivity index (χ0n) is 7.36. The normalized spacial score (nSPS) is 26.4. The van der Waals surface area contributed by atoms with Crippen LogP contribution in [0.25, 0.3) is 0 Å². The molecule has 1 N–H and O–H groups in total. The van der Waals surface area contributed by atoms with Crippen molar-refractivity contribution in [2.45, 2.75) is 26.1 Å². The van der Waals surface area contributed by atoms with E-state index in [9.17, 15) is 0 Å². The number of aliphatic hydroxyl groups is 1. The van der Waals surface area contributed by atoms with Gasteiger partial charge in [-0.05, 0) is 13.8 Å². The summed E-state index contributed by atoms with van der Waals surface area (Å²) in [5, 5.41) is 9.12. The van der Waals surface area contributed by atoms with Gasteiger partial charge in [0.15, 0.2) is 0 Å². The molecule has 0 aromatic rings. The quantitative estimate of drug-likeness (QED) is 0.628. The lowest BCUT2D eigenvalue weighted by atomic mass is 10.3. The SMILES string of the molecule is CC(O)CN1C=CN(C)C1C. The lowest BCUT2D eigenvalue weighted by Gasteiger charge is -2.27. The lowest BCUT2D eigenvalue weighted by Crippen LogP contribution is -2.37. The van der Waals surface area contributed by atoms with Crippen LogP contribution in [0.4, 0.5) is 0 Å². The summed E-state index contributed by atoms with van der Waals surface area (Å²) in [6.07, 6.45) is 4.16. The Bertz CT molecular complexity index is 156. The zero-order valence-corrected chi connectivity index (χ0v) is 7.36. The van der Waals surface area contributed by atoms with Crippen molar-refractivity contribution in [3.8, 4) is 0 Å². The molecule has 2 atom stereocenters. The summed E-state index contributed by atoms with van der Waals surface area (Å²) in [5.74, 6) is 0. The Morgan fingerprint density at radius 1 is 1.55 bits per heavy atom. The van der Waals surface area contributed by atoms with E-state index in [0.29, 0.717) is 12.7 Å². The number of nitrogens with zero attached hydrogens (tertiary/aromatic N) is 2. The molecule has 64 valence electrons. The molecule has 3 heteroatoms. The largest absolute Gasteiger partial charge is 0.392 e. The summed E-state index contributed by atoms with van der Waals surface area (Å²) in [6.45, 7) is 4.63. The molecule has 1 aliphatic heterocycles. The Morgan fingerprint density at radius 3 is 2.55 bits per heavy atom. The molecule has 1 aliphatic rings. The van der Waals surface area contributed by atoms with Crippen LogP contribution < -0.4 is 0 Å². The number of rotatable bonds is 2. The Balaban J connectivity index is 2.43. The van der Waals surface area contributed by atoms with E-state index < -0.39 is 0 Å². The second-order valence-electron chi connectivity index (χ2n) is 3.14. The first-order chi connectivity index (χ1) is 5.11. The Labute approximate surface area is 67.9 Å². The molecule has 0 aromatic heterocycles. The minimum absolute atomic E-state index is 0.256. The van der Waals surface area contributed by atoms with Crippen LogP contribution in [0.1, 0.15) is 13.8 Å². The maximum absolute atomic E-state index is 9.12. The first-order valence-electron chi connectivity index (χ1n) is 3.95. The highest BCUT2D eigenvalue weighted by Gasteiger charge is 2.18. The van der Waals surface area contributed by atoms with Crippen molar-refractivity contribution in [3.05, 3.63) is 12.4 Å². The van der Waals surface area contributed by atoms with Gasteiger partial charge < -0.3 is 14.9 Å². The van der Waals surface area contributed by atoms with E-state index in [1.807, 2.05) is 19.4 Å². The molecule has 1 rings (SSSR count). The van der Waals surface area contributed by atoms with Crippen LogP contribution in [0.2, 0.25) is 0 Å². The van der Waals surface area contributed by atoms with Crippen LogP contribution in [0.3, 0.4) is 0 Å². The van der Waals surface area contributed by atoms with E-state index in [1.54, 1.807) is 6.92 Å². The van der Waals surface area contributed by atoms with Crippen molar-refractivity contribution in [3.63, 3.8) is 0 Å². The van der Waals surface area contributed by atoms with E-state index in [4.69, 9.17) is 5.11 Å². The average Bonchev–Trinajstić information content (AvgIpc) is 2.18. The van der Waals surface area contributed by atoms with Crippen LogP contribution in [0.15, 0.2) is 12.4 Å². The molecule has 0 radical (unpaired) electrons. The molecule has 3 nitrogen and oxygen atoms in total. The van der Waals surface area contributed by atoms with Gasteiger partial charge in [0, 0.05) is 26.0 Å². The van der Waals surface area contributed by atoms with E-state index in [-0.39, 0.29) is 6.10 Å². The van der Waals surface area contributed by atoms with Crippen LogP contribution in [0, 0.1) is 0 Å². The van der Waals surface area contributed by atoms with Crippen molar-refractivity contribution >= 4 is 0 Å². The van der Waals surface area contributed by atoms with Crippen molar-refractivity contribution < 1.29 is 5.11 Å². The highest BCUT2D eigenvalue weighted by atomic mass is 16.3. The molecule has 11 heavy (non-hydrogen) atoms. The highest BCUT2D eigenvalue weighted by molar-refractivity contribution is 4.93. The van der Waals surface area contributed by atoms with Gasteiger partial charge in [0.05, 0.1) is 12.3 Å². The number of hydrogen-bond donors (Lipinski definition) is 1. The predicted octanol–water partition coefficient (Wildman–Crippen LogP) is 0.432. The van der Waals surface area contributed by atoms with Gasteiger partial charge >= 0.3 is 0 Å². The third-order valence-corrected chi connectivity index (χ3v) is 2.04. The Morgan fingerprint density at radius 2 is 2.18 bits per heavy atom. The topological polar surface area (TPSA) is 26.7 Å². The zero-order chi connectivity index (χ0) is 8.43. The predicted molar refractivity (Wildman–Crippen MR) is 44.8 cm³/mol. The second-order valence-corrected chi connectivity index (χ2v) is 3.14. The molecule has 0 bridgehead atoms. The Kier molecular flexibility index (Phi) is 2.39. The van der Waals surface area contributed by atoms with Crippen molar-refractivity contribution in [2.75, 3.05) is 13.6 Å². The molecule has 0 amide bonds. The summed E-state index contributed by atoms with van der Waals surface area (Å²) in [4.78, 5) is 4.23. The minimum Gasteiger partial charge on any atom is -0.392 e. The third-order valence-electron chi connectivity index (χ3n) is 2.04. The minimum atomic E-state index is -0.256.